The molecule has 0 aliphatic heterocycles. The fraction of sp³-hybridized carbons (Fsp3) is 0.0476. The Morgan fingerprint density at radius 3 is 2.38 bits per heavy atom. The maximum Gasteiger partial charge on any atom is 0.271 e. The summed E-state index contributed by atoms with van der Waals surface area (Å²) >= 11 is 5.95. The van der Waals surface area contributed by atoms with Crippen LogP contribution in [0.15, 0.2) is 72.8 Å². The van der Waals surface area contributed by atoms with Crippen LogP contribution in [0.5, 0.6) is 5.75 Å². The van der Waals surface area contributed by atoms with Crippen molar-refractivity contribution in [1.29, 1.82) is 0 Å². The summed E-state index contributed by atoms with van der Waals surface area (Å²) in [6.45, 7) is -0.384. The summed E-state index contributed by atoms with van der Waals surface area (Å²) in [5.74, 6) is -0.588. The number of ketones is 1. The summed E-state index contributed by atoms with van der Waals surface area (Å²) in [5.41, 5.74) is 1.02. The van der Waals surface area contributed by atoms with E-state index in [0.29, 0.717) is 16.8 Å². The van der Waals surface area contributed by atoms with Crippen LogP contribution in [0.25, 0.3) is 0 Å². The molecule has 0 bridgehead atoms. The number of anilines is 1. The van der Waals surface area contributed by atoms with Gasteiger partial charge in [-0.3, -0.25) is 19.7 Å². The number of nitro benzene ring substituents is 1. The molecule has 0 heterocycles. The topological polar surface area (TPSA) is 98.5 Å². The number of nitrogens with one attached hydrogen (secondary N) is 1. The van der Waals surface area contributed by atoms with Crippen LogP contribution in [-0.2, 0) is 4.79 Å². The van der Waals surface area contributed by atoms with Crippen molar-refractivity contribution in [2.45, 2.75) is 0 Å². The lowest BCUT2D eigenvalue weighted by Crippen LogP contribution is -2.21. The molecule has 0 atom stereocenters. The van der Waals surface area contributed by atoms with Crippen molar-refractivity contribution in [3.8, 4) is 5.75 Å². The Hall–Kier alpha value is -3.71. The Morgan fingerprint density at radius 2 is 1.69 bits per heavy atom. The van der Waals surface area contributed by atoms with Gasteiger partial charge in [0.05, 0.1) is 15.6 Å². The summed E-state index contributed by atoms with van der Waals surface area (Å²) < 4.78 is 5.34. The molecule has 3 aromatic rings. The summed E-state index contributed by atoms with van der Waals surface area (Å²) in [6, 6.07) is 19.1. The van der Waals surface area contributed by atoms with Crippen molar-refractivity contribution in [2.75, 3.05) is 11.9 Å². The van der Waals surface area contributed by atoms with Gasteiger partial charge in [-0.05, 0) is 18.2 Å². The third-order valence-corrected chi connectivity index (χ3v) is 4.26. The van der Waals surface area contributed by atoms with Crippen molar-refractivity contribution in [1.82, 2.24) is 0 Å². The zero-order chi connectivity index (χ0) is 20.8. The van der Waals surface area contributed by atoms with E-state index in [-0.39, 0.29) is 28.8 Å². The predicted octanol–water partition coefficient (Wildman–Crippen LogP) is 4.50. The smallest absolute Gasteiger partial charge is 0.271 e. The quantitative estimate of drug-likeness (QED) is 0.351. The van der Waals surface area contributed by atoms with E-state index in [4.69, 9.17) is 16.3 Å². The van der Waals surface area contributed by atoms with E-state index in [1.54, 1.807) is 48.5 Å². The van der Waals surface area contributed by atoms with Gasteiger partial charge in [-0.25, -0.2) is 0 Å². The van der Waals surface area contributed by atoms with Gasteiger partial charge in [0.15, 0.2) is 12.4 Å². The molecule has 3 aromatic carbocycles. The minimum atomic E-state index is -0.580. The Balaban J connectivity index is 1.69. The lowest BCUT2D eigenvalue weighted by molar-refractivity contribution is -0.384. The third-order valence-electron chi connectivity index (χ3n) is 3.97. The molecule has 29 heavy (non-hydrogen) atoms. The second-order valence-electron chi connectivity index (χ2n) is 5.95. The number of benzene rings is 3. The number of nitrogens with zero attached hydrogens (tertiary/aromatic N) is 1. The van der Waals surface area contributed by atoms with Gasteiger partial charge in [-0.2, -0.15) is 0 Å². The van der Waals surface area contributed by atoms with Crippen molar-refractivity contribution >= 4 is 34.7 Å². The van der Waals surface area contributed by atoms with Crippen LogP contribution in [0, 0.1) is 10.1 Å². The molecule has 0 spiro atoms. The number of hydrogen-bond donors (Lipinski definition) is 1. The molecular formula is C21H15ClN2O5. The largest absolute Gasteiger partial charge is 0.482 e. The zero-order valence-electron chi connectivity index (χ0n) is 15.0. The molecule has 0 unspecified atom stereocenters. The highest BCUT2D eigenvalue weighted by Crippen LogP contribution is 2.28. The number of non-ortho nitro benzene ring substituents is 1. The first-order chi connectivity index (χ1) is 14.0. The van der Waals surface area contributed by atoms with E-state index in [2.05, 4.69) is 5.32 Å². The van der Waals surface area contributed by atoms with Gasteiger partial charge in [0.2, 0.25) is 0 Å². The lowest BCUT2D eigenvalue weighted by Gasteiger charge is -2.12. The van der Waals surface area contributed by atoms with Crippen LogP contribution in [0.4, 0.5) is 11.4 Å². The maximum atomic E-state index is 12.7. The van der Waals surface area contributed by atoms with Crippen molar-refractivity contribution in [3.05, 3.63) is 99.1 Å². The molecule has 0 aliphatic carbocycles. The molecule has 7 nitrogen and oxygen atoms in total. The van der Waals surface area contributed by atoms with Gasteiger partial charge >= 0.3 is 0 Å². The molecule has 0 radical (unpaired) electrons. The van der Waals surface area contributed by atoms with Gasteiger partial charge < -0.3 is 10.1 Å². The Labute approximate surface area is 171 Å². The van der Waals surface area contributed by atoms with Gasteiger partial charge in [0, 0.05) is 23.3 Å². The average molecular weight is 411 g/mol. The number of rotatable bonds is 7. The lowest BCUT2D eigenvalue weighted by atomic mass is 10.0. The number of ether oxygens (including phenoxy) is 1. The second kappa shape index (κ2) is 8.99. The SMILES string of the molecule is O=C(COc1ccc([N+](=O)[O-])cc1Cl)Nc1ccccc1C(=O)c1ccccc1. The minimum absolute atomic E-state index is 0.0201. The first-order valence-corrected chi connectivity index (χ1v) is 8.89. The molecule has 1 N–H and O–H groups in total. The number of carbonyl (C=O) groups is 2. The molecule has 8 heteroatoms. The van der Waals surface area contributed by atoms with E-state index in [1.165, 1.54) is 12.1 Å². The van der Waals surface area contributed by atoms with E-state index in [0.717, 1.165) is 6.07 Å². The second-order valence-corrected chi connectivity index (χ2v) is 6.36. The van der Waals surface area contributed by atoms with Gasteiger partial charge in [-0.1, -0.05) is 54.1 Å². The van der Waals surface area contributed by atoms with Gasteiger partial charge in [0.25, 0.3) is 11.6 Å². The standard InChI is InChI=1S/C21H15ClN2O5/c22-17-12-15(24(27)28)10-11-19(17)29-13-20(25)23-18-9-5-4-8-16(18)21(26)14-6-2-1-3-7-14/h1-12H,13H2,(H,23,25). The van der Waals surface area contributed by atoms with Crippen LogP contribution in [0.3, 0.4) is 0 Å². The molecule has 0 saturated carbocycles. The van der Waals surface area contributed by atoms with Crippen LogP contribution in [0.1, 0.15) is 15.9 Å². The van der Waals surface area contributed by atoms with E-state index in [1.807, 2.05) is 6.07 Å². The molecular weight excluding hydrogens is 396 g/mol. The fourth-order valence-electron chi connectivity index (χ4n) is 2.59. The molecule has 0 aromatic heterocycles. The molecule has 146 valence electrons. The third kappa shape index (κ3) is 4.97. The van der Waals surface area contributed by atoms with Crippen LogP contribution in [0.2, 0.25) is 5.02 Å². The summed E-state index contributed by atoms with van der Waals surface area (Å²) in [7, 11) is 0. The summed E-state index contributed by atoms with van der Waals surface area (Å²) in [6.07, 6.45) is 0. The molecule has 1 amide bonds. The molecule has 0 saturated heterocycles. The van der Waals surface area contributed by atoms with Gasteiger partial charge in [0.1, 0.15) is 5.75 Å². The highest BCUT2D eigenvalue weighted by molar-refractivity contribution is 6.32. The van der Waals surface area contributed by atoms with Crippen LogP contribution >= 0.6 is 11.6 Å². The fourth-order valence-corrected chi connectivity index (χ4v) is 2.81. The van der Waals surface area contributed by atoms with E-state index in [9.17, 15) is 19.7 Å². The molecule has 3 rings (SSSR count). The Kier molecular flexibility index (Phi) is 6.21. The number of hydrogen-bond acceptors (Lipinski definition) is 5. The predicted molar refractivity (Wildman–Crippen MR) is 109 cm³/mol. The number of nitro groups is 1. The highest BCUT2D eigenvalue weighted by Gasteiger charge is 2.16. The number of halogens is 1. The van der Waals surface area contributed by atoms with E-state index >= 15 is 0 Å². The normalized spacial score (nSPS) is 10.2. The Morgan fingerprint density at radius 1 is 1.00 bits per heavy atom. The van der Waals surface area contributed by atoms with Crippen LogP contribution < -0.4 is 10.1 Å². The highest BCUT2D eigenvalue weighted by atomic mass is 35.5. The first-order valence-electron chi connectivity index (χ1n) is 8.51. The van der Waals surface area contributed by atoms with Crippen molar-refractivity contribution in [3.63, 3.8) is 0 Å². The molecule has 0 fully saturated rings. The zero-order valence-corrected chi connectivity index (χ0v) is 15.8. The average Bonchev–Trinajstić information content (AvgIpc) is 2.73. The monoisotopic (exact) mass is 410 g/mol. The van der Waals surface area contributed by atoms with Crippen molar-refractivity contribution in [2.24, 2.45) is 0 Å². The maximum absolute atomic E-state index is 12.7. The van der Waals surface area contributed by atoms with Crippen molar-refractivity contribution < 1.29 is 19.2 Å². The number of para-hydroxylation sites is 1. The number of carbonyl (C=O) groups excluding carboxylic acids is 2. The summed E-state index contributed by atoms with van der Waals surface area (Å²) in [5, 5.41) is 13.4. The molecule has 0 aliphatic rings. The summed E-state index contributed by atoms with van der Waals surface area (Å²) in [4.78, 5) is 35.1. The first kappa shape index (κ1) is 20.0. The van der Waals surface area contributed by atoms with Gasteiger partial charge in [-0.15, -0.1) is 0 Å². The van der Waals surface area contributed by atoms with E-state index < -0.39 is 10.8 Å². The number of amides is 1. The van der Waals surface area contributed by atoms with Crippen LogP contribution in [-0.4, -0.2) is 23.2 Å². The Bertz CT molecular complexity index is 1070. The minimum Gasteiger partial charge on any atom is -0.482 e.